The maximum absolute atomic E-state index is 10.5. The van der Waals surface area contributed by atoms with Gasteiger partial charge in [0.15, 0.2) is 0 Å². The Kier molecular flexibility index (Phi) is 5.51. The van der Waals surface area contributed by atoms with Gasteiger partial charge >= 0.3 is 6.09 Å². The monoisotopic (exact) mass is 213 g/mol. The van der Waals surface area contributed by atoms with E-state index in [1.165, 1.54) is 38.5 Å². The lowest BCUT2D eigenvalue weighted by molar-refractivity contribution is 0.180. The van der Waals surface area contributed by atoms with Gasteiger partial charge < -0.3 is 10.4 Å². The first kappa shape index (κ1) is 12.3. The molecule has 1 saturated carbocycles. The molecule has 0 bridgehead atoms. The lowest BCUT2D eigenvalue weighted by atomic mass is 9.83. The van der Waals surface area contributed by atoms with Gasteiger partial charge in [-0.15, -0.1) is 0 Å². The van der Waals surface area contributed by atoms with Gasteiger partial charge in [-0.3, -0.25) is 0 Å². The maximum Gasteiger partial charge on any atom is 0.404 e. The second-order valence-electron chi connectivity index (χ2n) is 4.67. The normalized spacial score (nSPS) is 26.2. The minimum Gasteiger partial charge on any atom is -0.465 e. The fourth-order valence-corrected chi connectivity index (χ4v) is 2.54. The first-order valence-electron chi connectivity index (χ1n) is 6.21. The summed E-state index contributed by atoms with van der Waals surface area (Å²) in [6.45, 7) is 2.22. The number of nitrogens with one attached hydrogen (secondary N) is 1. The van der Waals surface area contributed by atoms with Gasteiger partial charge in [-0.2, -0.15) is 0 Å². The summed E-state index contributed by atoms with van der Waals surface area (Å²) in [6, 6.07) is 0.211. The number of amides is 1. The Morgan fingerprint density at radius 2 is 2.20 bits per heavy atom. The van der Waals surface area contributed by atoms with Crippen molar-refractivity contribution in [3.63, 3.8) is 0 Å². The molecule has 3 nitrogen and oxygen atoms in total. The van der Waals surface area contributed by atoms with Gasteiger partial charge in [0.2, 0.25) is 0 Å². The predicted molar refractivity (Wildman–Crippen MR) is 61.0 cm³/mol. The van der Waals surface area contributed by atoms with E-state index in [-0.39, 0.29) is 6.04 Å². The van der Waals surface area contributed by atoms with Crippen LogP contribution >= 0.6 is 0 Å². The summed E-state index contributed by atoms with van der Waals surface area (Å²) in [5.74, 6) is 0.752. The second kappa shape index (κ2) is 6.70. The van der Waals surface area contributed by atoms with Gasteiger partial charge in [-0.1, -0.05) is 45.4 Å². The fraction of sp³-hybridized carbons (Fsp3) is 0.917. The fourth-order valence-electron chi connectivity index (χ4n) is 2.54. The molecule has 0 saturated heterocycles. The number of carboxylic acid groups (broad SMARTS) is 1. The highest BCUT2D eigenvalue weighted by Crippen LogP contribution is 2.28. The van der Waals surface area contributed by atoms with Gasteiger partial charge in [-0.25, -0.2) is 4.79 Å². The molecule has 1 aliphatic rings. The van der Waals surface area contributed by atoms with Crippen LogP contribution in [-0.4, -0.2) is 17.2 Å². The number of hydrogen-bond acceptors (Lipinski definition) is 1. The molecule has 2 N–H and O–H groups in total. The number of unbranched alkanes of at least 4 members (excludes halogenated alkanes) is 2. The van der Waals surface area contributed by atoms with Crippen LogP contribution in [0.1, 0.15) is 58.3 Å². The summed E-state index contributed by atoms with van der Waals surface area (Å²) in [5, 5.41) is 11.3. The molecule has 0 heterocycles. The summed E-state index contributed by atoms with van der Waals surface area (Å²) >= 11 is 0. The van der Waals surface area contributed by atoms with Crippen molar-refractivity contribution in [1.82, 2.24) is 5.32 Å². The topological polar surface area (TPSA) is 49.3 Å². The largest absolute Gasteiger partial charge is 0.465 e. The summed E-state index contributed by atoms with van der Waals surface area (Å²) in [4.78, 5) is 10.5. The van der Waals surface area contributed by atoms with Crippen LogP contribution < -0.4 is 5.32 Å². The van der Waals surface area contributed by atoms with E-state index in [0.29, 0.717) is 0 Å². The van der Waals surface area contributed by atoms with Gasteiger partial charge in [0, 0.05) is 6.04 Å². The van der Waals surface area contributed by atoms with Crippen LogP contribution in [0.15, 0.2) is 0 Å². The molecule has 2 atom stereocenters. The average Bonchev–Trinajstić information content (AvgIpc) is 2.18. The molecule has 2 unspecified atom stereocenters. The lowest BCUT2D eigenvalue weighted by Crippen LogP contribution is -2.37. The van der Waals surface area contributed by atoms with E-state index in [4.69, 9.17) is 5.11 Å². The third-order valence-electron chi connectivity index (χ3n) is 3.33. The Hall–Kier alpha value is -0.730. The van der Waals surface area contributed by atoms with Crippen LogP contribution in [-0.2, 0) is 0 Å². The first-order valence-corrected chi connectivity index (χ1v) is 6.21. The highest BCUT2D eigenvalue weighted by molar-refractivity contribution is 5.64. The van der Waals surface area contributed by atoms with Crippen molar-refractivity contribution >= 4 is 6.09 Å². The number of carbonyl (C=O) groups is 1. The number of rotatable bonds is 5. The quantitative estimate of drug-likeness (QED) is 0.688. The minimum atomic E-state index is -0.866. The molecule has 0 aromatic rings. The highest BCUT2D eigenvalue weighted by atomic mass is 16.4. The molecule has 15 heavy (non-hydrogen) atoms. The van der Waals surface area contributed by atoms with E-state index in [1.54, 1.807) is 0 Å². The van der Waals surface area contributed by atoms with Crippen LogP contribution in [0.4, 0.5) is 4.79 Å². The van der Waals surface area contributed by atoms with E-state index in [1.807, 2.05) is 0 Å². The van der Waals surface area contributed by atoms with Crippen molar-refractivity contribution in [2.24, 2.45) is 5.92 Å². The summed E-state index contributed by atoms with van der Waals surface area (Å²) in [7, 11) is 0. The van der Waals surface area contributed by atoms with Crippen molar-refractivity contribution in [3.8, 4) is 0 Å². The molecular weight excluding hydrogens is 190 g/mol. The Morgan fingerprint density at radius 3 is 2.87 bits per heavy atom. The van der Waals surface area contributed by atoms with E-state index in [0.717, 1.165) is 18.8 Å². The van der Waals surface area contributed by atoms with Crippen LogP contribution in [0.25, 0.3) is 0 Å². The number of hydrogen-bond donors (Lipinski definition) is 2. The van der Waals surface area contributed by atoms with Crippen LogP contribution in [0.5, 0.6) is 0 Å². The Balaban J connectivity index is 2.19. The molecule has 1 aliphatic carbocycles. The van der Waals surface area contributed by atoms with Crippen molar-refractivity contribution in [2.45, 2.75) is 64.3 Å². The predicted octanol–water partition coefficient (Wildman–Crippen LogP) is 3.39. The molecule has 1 fully saturated rings. The van der Waals surface area contributed by atoms with E-state index >= 15 is 0 Å². The molecule has 88 valence electrons. The lowest BCUT2D eigenvalue weighted by Gasteiger charge is -2.28. The third kappa shape index (κ3) is 5.05. The van der Waals surface area contributed by atoms with E-state index in [9.17, 15) is 4.79 Å². The first-order chi connectivity index (χ1) is 7.22. The zero-order valence-electron chi connectivity index (χ0n) is 9.67. The Labute approximate surface area is 92.3 Å². The zero-order valence-corrected chi connectivity index (χ0v) is 9.67. The summed E-state index contributed by atoms with van der Waals surface area (Å²) in [5.41, 5.74) is 0. The van der Waals surface area contributed by atoms with E-state index in [2.05, 4.69) is 12.2 Å². The molecule has 1 rings (SSSR count). The van der Waals surface area contributed by atoms with Crippen molar-refractivity contribution in [1.29, 1.82) is 0 Å². The molecule has 0 aliphatic heterocycles. The summed E-state index contributed by atoms with van der Waals surface area (Å²) in [6.07, 6.45) is 8.86. The van der Waals surface area contributed by atoms with Crippen LogP contribution in [0.3, 0.4) is 0 Å². The van der Waals surface area contributed by atoms with Gasteiger partial charge in [-0.05, 0) is 18.8 Å². The van der Waals surface area contributed by atoms with Crippen LogP contribution in [0, 0.1) is 5.92 Å². The van der Waals surface area contributed by atoms with Gasteiger partial charge in [0.1, 0.15) is 0 Å². The van der Waals surface area contributed by atoms with Crippen molar-refractivity contribution in [2.75, 3.05) is 0 Å². The minimum absolute atomic E-state index is 0.211. The smallest absolute Gasteiger partial charge is 0.404 e. The SMILES string of the molecule is CCCCCC1CCCC(NC(=O)O)C1. The zero-order chi connectivity index (χ0) is 11.1. The Bertz CT molecular complexity index is 194. The molecule has 1 amide bonds. The molecule has 0 spiro atoms. The Morgan fingerprint density at radius 1 is 1.40 bits per heavy atom. The highest BCUT2D eigenvalue weighted by Gasteiger charge is 2.22. The van der Waals surface area contributed by atoms with Crippen molar-refractivity contribution in [3.05, 3.63) is 0 Å². The van der Waals surface area contributed by atoms with E-state index < -0.39 is 6.09 Å². The average molecular weight is 213 g/mol. The second-order valence-corrected chi connectivity index (χ2v) is 4.67. The summed E-state index contributed by atoms with van der Waals surface area (Å²) < 4.78 is 0. The third-order valence-corrected chi connectivity index (χ3v) is 3.33. The molecule has 0 aromatic heterocycles. The molecule has 0 radical (unpaired) electrons. The molecular formula is C12H23NO2. The van der Waals surface area contributed by atoms with Gasteiger partial charge in [0.05, 0.1) is 0 Å². The molecule has 3 heteroatoms. The van der Waals surface area contributed by atoms with Gasteiger partial charge in [0.25, 0.3) is 0 Å². The standard InChI is InChI=1S/C12H23NO2/c1-2-3-4-6-10-7-5-8-11(9-10)13-12(14)15/h10-11,13H,2-9H2,1H3,(H,14,15). The van der Waals surface area contributed by atoms with Crippen LogP contribution in [0.2, 0.25) is 0 Å². The maximum atomic E-state index is 10.5. The van der Waals surface area contributed by atoms with Crippen molar-refractivity contribution < 1.29 is 9.90 Å². The molecule has 0 aromatic carbocycles.